The molecular formula is C10H14N2. The van der Waals surface area contributed by atoms with E-state index in [0.29, 0.717) is 0 Å². The molecular weight excluding hydrogens is 148 g/mol. The fourth-order valence-electron chi connectivity index (χ4n) is 0.870. The molecule has 0 fully saturated rings. The molecule has 3 N–H and O–H groups in total. The second kappa shape index (κ2) is 5.24. The highest BCUT2D eigenvalue weighted by Gasteiger charge is 1.81. The van der Waals surface area contributed by atoms with Crippen LogP contribution in [0, 0.1) is 0 Å². The summed E-state index contributed by atoms with van der Waals surface area (Å²) in [6.45, 7) is 1.14. The number of anilines is 1. The number of hydrogen-bond donors (Lipinski definition) is 2. The Morgan fingerprint density at radius 3 is 2.17 bits per heavy atom. The van der Waals surface area contributed by atoms with Gasteiger partial charge < -0.3 is 11.1 Å². The molecule has 0 spiro atoms. The van der Waals surface area contributed by atoms with E-state index in [9.17, 15) is 0 Å². The van der Waals surface area contributed by atoms with E-state index >= 15 is 0 Å². The van der Waals surface area contributed by atoms with Crippen molar-refractivity contribution >= 4 is 5.69 Å². The van der Waals surface area contributed by atoms with Crippen molar-refractivity contribution in [2.24, 2.45) is 0 Å². The average molecular weight is 162 g/mol. The molecule has 2 heteroatoms. The van der Waals surface area contributed by atoms with Crippen LogP contribution >= 0.6 is 0 Å². The number of nitrogens with two attached hydrogens (primary N) is 1. The van der Waals surface area contributed by atoms with E-state index in [2.05, 4.69) is 11.4 Å². The first-order valence-electron chi connectivity index (χ1n) is 4.08. The van der Waals surface area contributed by atoms with E-state index in [1.54, 1.807) is 0 Å². The van der Waals surface area contributed by atoms with Crippen molar-refractivity contribution in [3.05, 3.63) is 42.6 Å². The molecule has 0 saturated heterocycles. The Bertz CT molecular complexity index is 223. The first kappa shape index (κ1) is 8.65. The number of nitrogens with one attached hydrogen (secondary N) is 1. The summed E-state index contributed by atoms with van der Waals surface area (Å²) in [5, 5.41) is 3.04. The minimum absolute atomic E-state index is 0.822. The van der Waals surface area contributed by atoms with Crippen molar-refractivity contribution in [1.29, 1.82) is 0 Å². The smallest absolute Gasteiger partial charge is 0.0313 e. The SMILES string of the molecule is C1=CNCC1.Nc1ccccc1. The summed E-state index contributed by atoms with van der Waals surface area (Å²) < 4.78 is 0. The number of hydrogen-bond acceptors (Lipinski definition) is 2. The molecule has 0 unspecified atom stereocenters. The van der Waals surface area contributed by atoms with Gasteiger partial charge in [-0.05, 0) is 24.8 Å². The van der Waals surface area contributed by atoms with Gasteiger partial charge in [-0.2, -0.15) is 0 Å². The van der Waals surface area contributed by atoms with E-state index < -0.39 is 0 Å². The van der Waals surface area contributed by atoms with Gasteiger partial charge >= 0.3 is 0 Å². The van der Waals surface area contributed by atoms with Gasteiger partial charge in [0, 0.05) is 12.2 Å². The Kier molecular flexibility index (Phi) is 3.78. The Labute approximate surface area is 73.1 Å². The molecule has 12 heavy (non-hydrogen) atoms. The third-order valence-corrected chi connectivity index (χ3v) is 1.49. The van der Waals surface area contributed by atoms with Gasteiger partial charge in [0.2, 0.25) is 0 Å². The highest BCUT2D eigenvalue weighted by molar-refractivity contribution is 5.35. The van der Waals surface area contributed by atoms with E-state index in [1.807, 2.05) is 36.5 Å². The predicted octanol–water partition coefficient (Wildman–Crippen LogP) is 1.76. The fourth-order valence-corrected chi connectivity index (χ4v) is 0.870. The van der Waals surface area contributed by atoms with Crippen LogP contribution in [0.3, 0.4) is 0 Å². The van der Waals surface area contributed by atoms with Gasteiger partial charge in [0.15, 0.2) is 0 Å². The van der Waals surface area contributed by atoms with E-state index in [4.69, 9.17) is 5.73 Å². The molecule has 1 aromatic carbocycles. The monoisotopic (exact) mass is 162 g/mol. The number of para-hydroxylation sites is 1. The Morgan fingerprint density at radius 1 is 1.17 bits per heavy atom. The van der Waals surface area contributed by atoms with Crippen molar-refractivity contribution in [2.75, 3.05) is 12.3 Å². The van der Waals surface area contributed by atoms with Crippen LogP contribution in [0.1, 0.15) is 6.42 Å². The Balaban J connectivity index is 0.000000127. The van der Waals surface area contributed by atoms with Crippen LogP contribution in [0.25, 0.3) is 0 Å². The normalized spacial score (nSPS) is 13.0. The second-order valence-electron chi connectivity index (χ2n) is 2.56. The lowest BCUT2D eigenvalue weighted by Gasteiger charge is -1.83. The van der Waals surface area contributed by atoms with Crippen LogP contribution in [0.5, 0.6) is 0 Å². The predicted molar refractivity (Wildman–Crippen MR) is 52.6 cm³/mol. The molecule has 0 bridgehead atoms. The van der Waals surface area contributed by atoms with E-state index in [-0.39, 0.29) is 0 Å². The average Bonchev–Trinajstić information content (AvgIpc) is 2.62. The van der Waals surface area contributed by atoms with Crippen molar-refractivity contribution < 1.29 is 0 Å². The summed E-state index contributed by atoms with van der Waals surface area (Å²) in [5.41, 5.74) is 6.18. The van der Waals surface area contributed by atoms with Crippen LogP contribution in [0.4, 0.5) is 5.69 Å². The van der Waals surface area contributed by atoms with Crippen LogP contribution < -0.4 is 11.1 Å². The molecule has 0 atom stereocenters. The van der Waals surface area contributed by atoms with Crippen molar-refractivity contribution in [3.63, 3.8) is 0 Å². The maximum Gasteiger partial charge on any atom is 0.0313 e. The number of nitrogen functional groups attached to an aromatic ring is 1. The Hall–Kier alpha value is -1.44. The van der Waals surface area contributed by atoms with E-state index in [0.717, 1.165) is 12.2 Å². The summed E-state index contributed by atoms with van der Waals surface area (Å²) in [6, 6.07) is 9.49. The lowest BCUT2D eigenvalue weighted by Crippen LogP contribution is -1.96. The molecule has 0 aromatic heterocycles. The third-order valence-electron chi connectivity index (χ3n) is 1.49. The van der Waals surface area contributed by atoms with Gasteiger partial charge in [0.05, 0.1) is 0 Å². The lowest BCUT2D eigenvalue weighted by molar-refractivity contribution is 0.917. The lowest BCUT2D eigenvalue weighted by atomic mass is 10.3. The zero-order valence-electron chi connectivity index (χ0n) is 7.03. The van der Waals surface area contributed by atoms with Gasteiger partial charge in [0.25, 0.3) is 0 Å². The second-order valence-corrected chi connectivity index (χ2v) is 2.56. The highest BCUT2D eigenvalue weighted by atomic mass is 14.8. The molecule has 0 aliphatic carbocycles. The van der Waals surface area contributed by atoms with Gasteiger partial charge in [0.1, 0.15) is 0 Å². The van der Waals surface area contributed by atoms with Crippen LogP contribution in [0.2, 0.25) is 0 Å². The standard InChI is InChI=1S/C6H7N.C4H7N/c7-6-4-2-1-3-5-6;1-2-4-5-3-1/h1-5H,7H2;1,3,5H,2,4H2. The quantitative estimate of drug-likeness (QED) is 0.570. The van der Waals surface area contributed by atoms with Crippen LogP contribution in [0.15, 0.2) is 42.6 Å². The molecule has 0 radical (unpaired) electrons. The molecule has 2 rings (SSSR count). The van der Waals surface area contributed by atoms with Crippen molar-refractivity contribution in [3.8, 4) is 0 Å². The zero-order chi connectivity index (χ0) is 8.65. The molecule has 64 valence electrons. The molecule has 1 aliphatic heterocycles. The van der Waals surface area contributed by atoms with Gasteiger partial charge in [-0.3, -0.25) is 0 Å². The molecule has 1 aliphatic rings. The Morgan fingerprint density at radius 2 is 1.92 bits per heavy atom. The maximum absolute atomic E-state index is 5.36. The summed E-state index contributed by atoms with van der Waals surface area (Å²) in [7, 11) is 0. The summed E-state index contributed by atoms with van der Waals surface area (Å²) in [6.07, 6.45) is 5.32. The molecule has 2 nitrogen and oxygen atoms in total. The summed E-state index contributed by atoms with van der Waals surface area (Å²) in [5.74, 6) is 0. The minimum atomic E-state index is 0.822. The van der Waals surface area contributed by atoms with Crippen molar-refractivity contribution in [2.45, 2.75) is 6.42 Å². The fraction of sp³-hybridized carbons (Fsp3) is 0.200. The molecule has 1 aromatic rings. The summed E-state index contributed by atoms with van der Waals surface area (Å²) >= 11 is 0. The topological polar surface area (TPSA) is 38.0 Å². The third kappa shape index (κ3) is 3.66. The maximum atomic E-state index is 5.36. The van der Waals surface area contributed by atoms with Crippen LogP contribution in [-0.2, 0) is 0 Å². The summed E-state index contributed by atoms with van der Waals surface area (Å²) in [4.78, 5) is 0. The van der Waals surface area contributed by atoms with Gasteiger partial charge in [-0.15, -0.1) is 0 Å². The minimum Gasteiger partial charge on any atom is -0.399 e. The zero-order valence-corrected chi connectivity index (χ0v) is 7.03. The van der Waals surface area contributed by atoms with Crippen molar-refractivity contribution in [1.82, 2.24) is 5.32 Å². The van der Waals surface area contributed by atoms with Crippen LogP contribution in [-0.4, -0.2) is 6.54 Å². The van der Waals surface area contributed by atoms with Gasteiger partial charge in [-0.25, -0.2) is 0 Å². The number of rotatable bonds is 0. The molecule has 1 heterocycles. The highest BCUT2D eigenvalue weighted by Crippen LogP contribution is 1.95. The largest absolute Gasteiger partial charge is 0.399 e. The number of benzene rings is 1. The molecule has 0 saturated carbocycles. The van der Waals surface area contributed by atoms with E-state index in [1.165, 1.54) is 6.42 Å². The van der Waals surface area contributed by atoms with Gasteiger partial charge in [-0.1, -0.05) is 24.3 Å². The first-order chi connectivity index (χ1) is 5.89. The first-order valence-corrected chi connectivity index (χ1v) is 4.08. The molecule has 0 amide bonds.